The van der Waals surface area contributed by atoms with Gasteiger partial charge in [0.05, 0.1) is 111 Å². The van der Waals surface area contributed by atoms with E-state index in [0.717, 1.165) is 18.2 Å². The second kappa shape index (κ2) is 32.8. The Morgan fingerprint density at radius 1 is 0.299 bits per heavy atom. The van der Waals surface area contributed by atoms with Crippen LogP contribution in [0.4, 0.5) is 0 Å². The molecule has 0 aromatic heterocycles. The van der Waals surface area contributed by atoms with E-state index in [2.05, 4.69) is 44.2 Å². The zero-order valence-corrected chi connectivity index (χ0v) is 65.6. The molecule has 4 saturated carbocycles. The normalized spacial score (nSPS) is 41.1. The summed E-state index contributed by atoms with van der Waals surface area (Å²) in [5, 5.41) is -0.858. The predicted octanol–water partition coefficient (Wildman–Crippen LogP) is -0.483. The maximum absolute atomic E-state index is 11.9. The predicted molar refractivity (Wildman–Crippen MR) is 378 cm³/mol. The SMILES string of the molecule is C=C(C)C(=O)OC1C2CC3C1OC(=O)C3C2C(=O)OC.C=C(C)C(=O)OC1C2OC(=O)C3C2OC1C3C(=O)OC.C=C(C)C(=O)OC1C2OC(=O)C3C2SC1C3C(=O)OC.C=CC(=O)OC1C2CC3C1OC(=O)C3C2C(=O)OC.C=CC(=O)OC1C2OC(=O)C3C2OC1C3C(=O)OC.C=CC(=O)OC1C2OC(=O)C3C2SC1C3C(=O)OC. The molecular weight excluding hydrogens is 1600 g/mol. The van der Waals surface area contributed by atoms with E-state index >= 15 is 0 Å². The van der Waals surface area contributed by atoms with Crippen LogP contribution in [0.5, 0.6) is 0 Å². The summed E-state index contributed by atoms with van der Waals surface area (Å²) < 4.78 is 103. The maximum Gasteiger partial charge on any atom is 0.333 e. The number of methoxy groups -OCH3 is 6. The van der Waals surface area contributed by atoms with Crippen molar-refractivity contribution in [3.05, 3.63) is 74.4 Å². The molecular formula is C77H82O38S2. The van der Waals surface area contributed by atoms with Crippen molar-refractivity contribution >= 4 is 131 Å². The van der Waals surface area contributed by atoms with Gasteiger partial charge in [-0.15, -0.1) is 23.5 Å². The van der Waals surface area contributed by atoms with E-state index < -0.39 is 264 Å². The summed E-state index contributed by atoms with van der Waals surface area (Å²) in [5.74, 6) is -16.6. The van der Waals surface area contributed by atoms with Crippen LogP contribution in [0.1, 0.15) is 33.6 Å². The standard InChI is InChI=1S/C14H16O6.C13H14O7.C13H14O6S.C13H14O6.C12H12O7.C12H12O6S/c1-5(2)12(15)19-10-6-4-7-9(8(6)13(16)18-3)14(17)20-11(7)10;1-4(2)11(14)19-9-7-5(12(15)17-3)6-8(18-7)10(9)20-13(6)16;1-4(2)11(14)18-7-8-10-6(13(16)19-8)5(9(7)20-10)12(15)17-3;1-3-7(14)18-10-5-4-6-9(8(5)12(15)17-2)13(16)19-11(6)10;1-3-4(13)17-9-7-5(11(14)16-2)6-8(18-7)10(9)19-12(6)15;1-3-4(13)17-7-8-10-6(12(15)18-8)5(9(7)19-10)11(14)16-2/h6-11H,1,4H2,2-3H3;2*5-10H,1H2,2-3H3;3,5-6,8-11H,1,4H2,2H3;2*3,5-10H,1H2,2H3. The molecule has 36 atom stereocenters. The molecule has 38 nitrogen and oxygen atoms in total. The molecule has 14 aliphatic heterocycles. The van der Waals surface area contributed by atoms with E-state index in [1.165, 1.54) is 73.1 Å². The first-order chi connectivity index (χ1) is 55.6. The fourth-order valence-corrected chi connectivity index (χ4v) is 23.9. The number of carbonyl (C=O) groups is 18. The van der Waals surface area contributed by atoms with Crippen LogP contribution in [0.2, 0.25) is 0 Å². The number of hydrogen-bond acceptors (Lipinski definition) is 40. The van der Waals surface area contributed by atoms with Crippen LogP contribution in [0.25, 0.3) is 0 Å². The van der Waals surface area contributed by atoms with Gasteiger partial charge in [-0.05, 0) is 33.6 Å². The van der Waals surface area contributed by atoms with Crippen molar-refractivity contribution < 1.29 is 181 Å². The summed E-state index contributed by atoms with van der Waals surface area (Å²) in [6, 6.07) is 0. The molecule has 0 aromatic rings. The lowest BCUT2D eigenvalue weighted by molar-refractivity contribution is -0.161. The van der Waals surface area contributed by atoms with E-state index in [1.807, 2.05) is 0 Å². The number of fused-ring (bicyclic) bond motifs is 6. The molecule has 40 heteroatoms. The average molecular weight is 1680 g/mol. The molecule has 36 unspecified atom stereocenters. The summed E-state index contributed by atoms with van der Waals surface area (Å²) in [4.78, 5) is 211. The van der Waals surface area contributed by atoms with E-state index in [0.29, 0.717) is 12.8 Å². The Morgan fingerprint density at radius 2 is 0.564 bits per heavy atom. The van der Waals surface area contributed by atoms with Crippen LogP contribution in [0.3, 0.4) is 0 Å². The fourth-order valence-electron chi connectivity index (χ4n) is 19.9. The lowest BCUT2D eigenvalue weighted by Gasteiger charge is -2.29. The summed E-state index contributed by atoms with van der Waals surface area (Å²) in [6.45, 7) is 25.1. The Labute approximate surface area is 673 Å². The Morgan fingerprint density at radius 3 is 0.915 bits per heavy atom. The first-order valence-corrected chi connectivity index (χ1v) is 38.9. The molecule has 0 N–H and O–H groups in total. The fraction of sp³-hybridized carbons (Fsp3) is 0.610. The average Bonchev–Trinajstić information content (AvgIpc) is 1.59. The molecule has 14 saturated heterocycles. The van der Waals surface area contributed by atoms with Crippen LogP contribution >= 0.6 is 23.5 Å². The Bertz CT molecular complexity index is 3910. The Hall–Kier alpha value is -10.5. The van der Waals surface area contributed by atoms with Gasteiger partial charge in [0, 0.05) is 58.6 Å². The minimum Gasteiger partial charge on any atom is -0.469 e. The highest BCUT2D eigenvalue weighted by Crippen LogP contribution is 2.63. The molecule has 117 heavy (non-hydrogen) atoms. The third kappa shape index (κ3) is 14.1. The van der Waals surface area contributed by atoms with Gasteiger partial charge in [-0.3, -0.25) is 57.5 Å². The van der Waals surface area contributed by atoms with Gasteiger partial charge in [0.2, 0.25) is 0 Å². The van der Waals surface area contributed by atoms with Crippen LogP contribution < -0.4 is 0 Å². The Balaban J connectivity index is 0.000000122. The number of carbonyl (C=O) groups excluding carboxylic acids is 18. The van der Waals surface area contributed by atoms with Crippen molar-refractivity contribution in [2.75, 3.05) is 42.7 Å². The highest BCUT2D eigenvalue weighted by atomic mass is 32.2. The van der Waals surface area contributed by atoms with Crippen LogP contribution in [0, 0.1) is 94.7 Å². The lowest BCUT2D eigenvalue weighted by Crippen LogP contribution is -2.47. The van der Waals surface area contributed by atoms with Gasteiger partial charge in [0.1, 0.15) is 72.5 Å². The second-order valence-electron chi connectivity index (χ2n) is 30.5. The molecule has 0 amide bonds. The molecule has 18 aliphatic rings. The largest absolute Gasteiger partial charge is 0.469 e. The van der Waals surface area contributed by atoms with Crippen molar-refractivity contribution in [1.29, 1.82) is 0 Å². The van der Waals surface area contributed by atoms with Gasteiger partial charge < -0.3 is 94.7 Å². The highest BCUT2D eigenvalue weighted by molar-refractivity contribution is 8.01. The monoisotopic (exact) mass is 1680 g/mol. The van der Waals surface area contributed by atoms with Crippen LogP contribution in [0.15, 0.2) is 74.4 Å². The minimum absolute atomic E-state index is 0.0517. The molecule has 14 heterocycles. The lowest BCUT2D eigenvalue weighted by atomic mass is 9.78. The van der Waals surface area contributed by atoms with Gasteiger partial charge in [0.15, 0.2) is 48.8 Å². The van der Waals surface area contributed by atoms with Crippen molar-refractivity contribution in [1.82, 2.24) is 0 Å². The van der Waals surface area contributed by atoms with Gasteiger partial charge in [-0.25, -0.2) is 28.8 Å². The molecule has 0 radical (unpaired) electrons. The molecule has 0 aromatic carbocycles. The maximum atomic E-state index is 11.9. The van der Waals surface area contributed by atoms with E-state index in [-0.39, 0.29) is 73.3 Å². The Kier molecular flexibility index (Phi) is 23.7. The number of rotatable bonds is 18. The number of hydrogen-bond donors (Lipinski definition) is 0. The van der Waals surface area contributed by atoms with Crippen molar-refractivity contribution in [3.63, 3.8) is 0 Å². The molecule has 18 fully saturated rings. The minimum atomic E-state index is -0.795. The summed E-state index contributed by atoms with van der Waals surface area (Å²) in [7, 11) is 7.61. The van der Waals surface area contributed by atoms with Crippen molar-refractivity contribution in [2.24, 2.45) is 94.7 Å². The zero-order valence-electron chi connectivity index (χ0n) is 64.0. The van der Waals surface area contributed by atoms with E-state index in [1.54, 1.807) is 13.8 Å². The summed E-state index contributed by atoms with van der Waals surface area (Å²) in [6.07, 6.45) is -5.12. The van der Waals surface area contributed by atoms with Gasteiger partial charge >= 0.3 is 107 Å². The first-order valence-electron chi connectivity index (χ1n) is 37.0. The zero-order chi connectivity index (χ0) is 85.0. The highest BCUT2D eigenvalue weighted by Gasteiger charge is 2.77. The van der Waals surface area contributed by atoms with Gasteiger partial charge in [0.25, 0.3) is 0 Å². The third-order valence-electron chi connectivity index (χ3n) is 24.6. The molecule has 4 aliphatic carbocycles. The van der Waals surface area contributed by atoms with Gasteiger partial charge in [-0.2, -0.15) is 0 Å². The smallest absolute Gasteiger partial charge is 0.333 e. The van der Waals surface area contributed by atoms with Crippen LogP contribution in [-0.2, 0) is 181 Å². The van der Waals surface area contributed by atoms with E-state index in [9.17, 15) is 86.3 Å². The van der Waals surface area contributed by atoms with Crippen LogP contribution in [-0.4, -0.2) is 269 Å². The summed E-state index contributed by atoms with van der Waals surface area (Å²) >= 11 is 2.94. The van der Waals surface area contributed by atoms with Crippen molar-refractivity contribution in [2.45, 2.75) is 152 Å². The molecule has 630 valence electrons. The second-order valence-corrected chi connectivity index (χ2v) is 33.2. The molecule has 0 spiro atoms. The number of ether oxygens (including phenoxy) is 20. The third-order valence-corrected chi connectivity index (χ3v) is 28.1. The quantitative estimate of drug-likeness (QED) is 0.0950. The molecule has 18 rings (SSSR count). The van der Waals surface area contributed by atoms with Crippen molar-refractivity contribution in [3.8, 4) is 0 Å². The first kappa shape index (κ1) is 84.4. The number of thioether (sulfide) groups is 2. The van der Waals surface area contributed by atoms with E-state index in [4.69, 9.17) is 90.0 Å². The number of esters is 18. The van der Waals surface area contributed by atoms with Gasteiger partial charge in [-0.1, -0.05) is 39.5 Å². The topological polar surface area (TPSA) is 492 Å². The summed E-state index contributed by atoms with van der Waals surface area (Å²) in [5.41, 5.74) is 0.778. The molecule has 12 bridgehead atoms.